The van der Waals surface area contributed by atoms with Gasteiger partial charge in [-0.2, -0.15) is 0 Å². The third-order valence-corrected chi connectivity index (χ3v) is 3.20. The lowest BCUT2D eigenvalue weighted by molar-refractivity contribution is -0.141. The summed E-state index contributed by atoms with van der Waals surface area (Å²) in [6.07, 6.45) is -0.673. The van der Waals surface area contributed by atoms with E-state index in [4.69, 9.17) is 16.3 Å². The molecule has 5 nitrogen and oxygen atoms in total. The molecule has 0 saturated heterocycles. The van der Waals surface area contributed by atoms with E-state index in [9.17, 15) is 9.59 Å². The summed E-state index contributed by atoms with van der Waals surface area (Å²) in [5.74, 6) is 0.160. The number of hydrogen-bond acceptors (Lipinski definition) is 3. The molecule has 0 aliphatic rings. The number of rotatable bonds is 7. The number of ether oxygens (including phenoxy) is 1. The van der Waals surface area contributed by atoms with Gasteiger partial charge in [0.1, 0.15) is 5.75 Å². The maximum Gasteiger partial charge on any atom is 0.263 e. The summed E-state index contributed by atoms with van der Waals surface area (Å²) in [6, 6.07) is 6.84. The highest BCUT2D eigenvalue weighted by Gasteiger charge is 2.23. The van der Waals surface area contributed by atoms with Gasteiger partial charge in [-0.05, 0) is 52.0 Å². The summed E-state index contributed by atoms with van der Waals surface area (Å²) in [4.78, 5) is 25.6. The lowest BCUT2D eigenvalue weighted by Crippen LogP contribution is -2.46. The summed E-state index contributed by atoms with van der Waals surface area (Å²) in [5.41, 5.74) is 0. The minimum absolute atomic E-state index is 0.0296. The molecule has 0 heterocycles. The van der Waals surface area contributed by atoms with Crippen molar-refractivity contribution in [3.8, 4) is 5.75 Å². The van der Waals surface area contributed by atoms with Crippen LogP contribution in [0.5, 0.6) is 5.75 Å². The minimum atomic E-state index is -0.673. The first-order valence-corrected chi connectivity index (χ1v) is 7.71. The van der Waals surface area contributed by atoms with E-state index in [0.717, 1.165) is 0 Å². The molecule has 1 rings (SSSR count). The van der Waals surface area contributed by atoms with Gasteiger partial charge in [0, 0.05) is 17.6 Å². The number of nitrogens with one attached hydrogen (secondary N) is 1. The highest BCUT2D eigenvalue weighted by Crippen LogP contribution is 2.17. The SMILES string of the molecule is CCN(CC(=O)NC(C)C)C(=O)C(C)Oc1ccc(Cl)cc1. The zero-order valence-corrected chi connectivity index (χ0v) is 14.2. The van der Waals surface area contributed by atoms with Crippen LogP contribution in [0.1, 0.15) is 27.7 Å². The lowest BCUT2D eigenvalue weighted by Gasteiger charge is -2.24. The van der Waals surface area contributed by atoms with Crippen LogP contribution in [0.25, 0.3) is 0 Å². The first-order valence-electron chi connectivity index (χ1n) is 7.33. The first kappa shape index (κ1) is 18.3. The Morgan fingerprint density at radius 3 is 2.32 bits per heavy atom. The Morgan fingerprint density at radius 1 is 1.23 bits per heavy atom. The van der Waals surface area contributed by atoms with Gasteiger partial charge in [0.2, 0.25) is 5.91 Å². The maximum absolute atomic E-state index is 12.4. The molecule has 122 valence electrons. The van der Waals surface area contributed by atoms with Gasteiger partial charge in [-0.3, -0.25) is 9.59 Å². The van der Waals surface area contributed by atoms with Crippen molar-refractivity contribution < 1.29 is 14.3 Å². The molecule has 1 aromatic carbocycles. The smallest absolute Gasteiger partial charge is 0.263 e. The number of amides is 2. The fourth-order valence-electron chi connectivity index (χ4n) is 1.91. The molecule has 0 aliphatic heterocycles. The number of benzene rings is 1. The van der Waals surface area contributed by atoms with E-state index < -0.39 is 6.10 Å². The van der Waals surface area contributed by atoms with E-state index in [1.54, 1.807) is 31.2 Å². The summed E-state index contributed by atoms with van der Waals surface area (Å²) >= 11 is 5.81. The van der Waals surface area contributed by atoms with Crippen LogP contribution >= 0.6 is 11.6 Å². The van der Waals surface area contributed by atoms with Crippen molar-refractivity contribution in [3.05, 3.63) is 29.3 Å². The second kappa shape index (κ2) is 8.63. The molecule has 0 aliphatic carbocycles. The zero-order valence-electron chi connectivity index (χ0n) is 13.4. The maximum atomic E-state index is 12.4. The van der Waals surface area contributed by atoms with Crippen molar-refractivity contribution in [2.24, 2.45) is 0 Å². The van der Waals surface area contributed by atoms with Gasteiger partial charge in [0.25, 0.3) is 5.91 Å². The molecule has 1 aromatic rings. The van der Waals surface area contributed by atoms with Crippen LogP contribution in [-0.2, 0) is 9.59 Å². The van der Waals surface area contributed by atoms with Crippen LogP contribution in [0.15, 0.2) is 24.3 Å². The van der Waals surface area contributed by atoms with E-state index in [0.29, 0.717) is 17.3 Å². The Bertz CT molecular complexity index is 503. The minimum Gasteiger partial charge on any atom is -0.481 e. The molecule has 1 unspecified atom stereocenters. The monoisotopic (exact) mass is 326 g/mol. The van der Waals surface area contributed by atoms with Gasteiger partial charge < -0.3 is 15.0 Å². The van der Waals surface area contributed by atoms with Gasteiger partial charge in [0.15, 0.2) is 6.10 Å². The molecule has 0 spiro atoms. The van der Waals surface area contributed by atoms with Crippen LogP contribution < -0.4 is 10.1 Å². The van der Waals surface area contributed by atoms with E-state index in [1.165, 1.54) is 4.90 Å². The molecule has 0 aromatic heterocycles. The Balaban J connectivity index is 2.62. The zero-order chi connectivity index (χ0) is 16.7. The van der Waals surface area contributed by atoms with Crippen molar-refractivity contribution in [3.63, 3.8) is 0 Å². The summed E-state index contributed by atoms with van der Waals surface area (Å²) < 4.78 is 5.60. The van der Waals surface area contributed by atoms with Crippen LogP contribution in [0, 0.1) is 0 Å². The molecule has 22 heavy (non-hydrogen) atoms. The van der Waals surface area contributed by atoms with Gasteiger partial charge >= 0.3 is 0 Å². The second-order valence-corrected chi connectivity index (χ2v) is 5.73. The Hall–Kier alpha value is -1.75. The number of likely N-dealkylation sites (N-methyl/N-ethyl adjacent to an activating group) is 1. The number of carbonyl (C=O) groups is 2. The molecular formula is C16H23ClN2O3. The lowest BCUT2D eigenvalue weighted by atomic mass is 10.3. The molecule has 6 heteroatoms. The van der Waals surface area contributed by atoms with Gasteiger partial charge in [0.05, 0.1) is 6.54 Å². The van der Waals surface area contributed by atoms with Crippen molar-refractivity contribution in [1.29, 1.82) is 0 Å². The number of carbonyl (C=O) groups excluding carboxylic acids is 2. The standard InChI is InChI=1S/C16H23ClN2O3/c1-5-19(10-15(20)18-11(2)3)16(21)12(4)22-14-8-6-13(17)7-9-14/h6-9,11-12H,5,10H2,1-4H3,(H,18,20). The fourth-order valence-corrected chi connectivity index (χ4v) is 2.04. The Labute approximate surface area is 136 Å². The summed E-state index contributed by atoms with van der Waals surface area (Å²) in [7, 11) is 0. The average Bonchev–Trinajstić information content (AvgIpc) is 2.45. The van der Waals surface area contributed by atoms with Crippen molar-refractivity contribution >= 4 is 23.4 Å². The number of halogens is 1. The molecular weight excluding hydrogens is 304 g/mol. The third-order valence-electron chi connectivity index (χ3n) is 2.95. The van der Waals surface area contributed by atoms with Crippen LogP contribution in [-0.4, -0.2) is 41.9 Å². The van der Waals surface area contributed by atoms with Crippen LogP contribution in [0.4, 0.5) is 0 Å². The molecule has 0 bridgehead atoms. The molecule has 1 atom stereocenters. The average molecular weight is 327 g/mol. The first-order chi connectivity index (χ1) is 10.3. The van der Waals surface area contributed by atoms with Crippen molar-refractivity contribution in [2.75, 3.05) is 13.1 Å². The van der Waals surface area contributed by atoms with E-state index in [1.807, 2.05) is 20.8 Å². The second-order valence-electron chi connectivity index (χ2n) is 5.29. The van der Waals surface area contributed by atoms with Gasteiger partial charge in [-0.25, -0.2) is 0 Å². The Morgan fingerprint density at radius 2 is 1.82 bits per heavy atom. The molecule has 0 radical (unpaired) electrons. The third kappa shape index (κ3) is 5.93. The topological polar surface area (TPSA) is 58.6 Å². The van der Waals surface area contributed by atoms with Crippen molar-refractivity contribution in [2.45, 2.75) is 39.8 Å². The number of nitrogens with zero attached hydrogens (tertiary/aromatic N) is 1. The summed E-state index contributed by atoms with van der Waals surface area (Å²) in [6.45, 7) is 7.72. The van der Waals surface area contributed by atoms with Crippen LogP contribution in [0.3, 0.4) is 0 Å². The number of hydrogen-bond donors (Lipinski definition) is 1. The Kier molecular flexibility index (Phi) is 7.18. The van der Waals surface area contributed by atoms with E-state index in [-0.39, 0.29) is 24.4 Å². The van der Waals surface area contributed by atoms with E-state index in [2.05, 4.69) is 5.32 Å². The highest BCUT2D eigenvalue weighted by molar-refractivity contribution is 6.30. The van der Waals surface area contributed by atoms with Gasteiger partial charge in [-0.1, -0.05) is 11.6 Å². The normalized spacial score (nSPS) is 11.9. The highest BCUT2D eigenvalue weighted by atomic mass is 35.5. The van der Waals surface area contributed by atoms with Crippen LogP contribution in [0.2, 0.25) is 5.02 Å². The summed E-state index contributed by atoms with van der Waals surface area (Å²) in [5, 5.41) is 3.37. The molecule has 0 saturated carbocycles. The predicted octanol–water partition coefficient (Wildman–Crippen LogP) is 2.48. The predicted molar refractivity (Wildman–Crippen MR) is 87.1 cm³/mol. The largest absolute Gasteiger partial charge is 0.481 e. The molecule has 1 N–H and O–H groups in total. The van der Waals surface area contributed by atoms with Gasteiger partial charge in [-0.15, -0.1) is 0 Å². The van der Waals surface area contributed by atoms with E-state index >= 15 is 0 Å². The fraction of sp³-hybridized carbons (Fsp3) is 0.500. The molecule has 2 amide bonds. The molecule has 0 fully saturated rings. The quantitative estimate of drug-likeness (QED) is 0.837. The van der Waals surface area contributed by atoms with Crippen molar-refractivity contribution in [1.82, 2.24) is 10.2 Å².